The molecule has 1 aliphatic rings. The third kappa shape index (κ3) is 9.80. The van der Waals surface area contributed by atoms with Crippen molar-refractivity contribution in [3.8, 4) is 33.4 Å². The largest absolute Gasteiger partial charge is 0.184 e. The Kier molecular flexibility index (Phi) is 15.4. The monoisotopic (exact) mass is 889 g/mol. The molecule has 0 nitrogen and oxygen atoms in total. The Balaban J connectivity index is 0.000000145. The number of halogens is 2. The van der Waals surface area contributed by atoms with Crippen LogP contribution in [0.2, 0.25) is 0 Å². The van der Waals surface area contributed by atoms with Crippen LogP contribution in [0, 0.1) is 33.8 Å². The summed E-state index contributed by atoms with van der Waals surface area (Å²) in [6.45, 7) is 18.0. The Labute approximate surface area is 368 Å². The molecule has 294 valence electrons. The van der Waals surface area contributed by atoms with Crippen molar-refractivity contribution < 1.29 is 20.8 Å². The molecule has 9 rings (SSSR count). The molecule has 2 unspecified atom stereocenters. The van der Waals surface area contributed by atoms with Crippen molar-refractivity contribution in [3.63, 3.8) is 0 Å². The summed E-state index contributed by atoms with van der Waals surface area (Å²) < 4.78 is 0. The van der Waals surface area contributed by atoms with Gasteiger partial charge in [-0.25, -0.2) is 0 Å². The molecule has 2 atom stereocenters. The summed E-state index contributed by atoms with van der Waals surface area (Å²) in [5.74, 6) is 1.25. The summed E-state index contributed by atoms with van der Waals surface area (Å²) in [7, 11) is 10.7. The van der Waals surface area contributed by atoms with Gasteiger partial charge in [-0.15, -0.1) is 74.6 Å². The van der Waals surface area contributed by atoms with E-state index in [2.05, 4.69) is 195 Å². The molecule has 0 spiro atoms. The van der Waals surface area contributed by atoms with Gasteiger partial charge in [0.15, 0.2) is 0 Å². The molecule has 4 heteroatoms. The van der Waals surface area contributed by atoms with Crippen LogP contribution in [0.25, 0.3) is 54.9 Å². The second-order valence-electron chi connectivity index (χ2n) is 15.5. The van der Waals surface area contributed by atoms with Gasteiger partial charge in [-0.05, 0) is 61.8 Å². The van der Waals surface area contributed by atoms with E-state index in [4.69, 9.17) is 17.0 Å². The molecule has 8 aromatic rings. The summed E-state index contributed by atoms with van der Waals surface area (Å²) >= 11 is -0.826. The normalized spacial score (nSPS) is 12.2. The average Bonchev–Trinajstić information content (AvgIpc) is 3.98. The van der Waals surface area contributed by atoms with E-state index >= 15 is 0 Å². The predicted octanol–water partition coefficient (Wildman–Crippen LogP) is 15.2. The van der Waals surface area contributed by atoms with Crippen LogP contribution >= 0.6 is 17.0 Å². The molecule has 2 radical (unpaired) electrons. The fourth-order valence-electron chi connectivity index (χ4n) is 8.02. The molecule has 0 saturated heterocycles. The number of rotatable bonds is 6. The minimum absolute atomic E-state index is 0.627. The molecule has 1 aliphatic heterocycles. The summed E-state index contributed by atoms with van der Waals surface area (Å²) in [5, 5.41) is 8.37. The number of hydrogen-bond donors (Lipinski definition) is 0. The van der Waals surface area contributed by atoms with Crippen molar-refractivity contribution in [2.45, 2.75) is 80.1 Å². The van der Waals surface area contributed by atoms with Crippen molar-refractivity contribution in [2.24, 2.45) is 0 Å². The average molecular weight is 892 g/mol. The van der Waals surface area contributed by atoms with Crippen molar-refractivity contribution >= 4 is 58.5 Å². The van der Waals surface area contributed by atoms with Crippen LogP contribution in [0.15, 0.2) is 140 Å². The summed E-state index contributed by atoms with van der Waals surface area (Å²) in [5.41, 5.74) is 16.6. The van der Waals surface area contributed by atoms with Crippen LogP contribution in [0.5, 0.6) is 0 Å². The zero-order valence-electron chi connectivity index (χ0n) is 35.1. The van der Waals surface area contributed by atoms with Crippen LogP contribution in [0.4, 0.5) is 0 Å². The maximum atomic E-state index is 4.93. The third-order valence-corrected chi connectivity index (χ3v) is 13.1. The zero-order chi connectivity index (χ0) is 41.3. The standard InChI is InChI=1S/2C21H23.C12H7Si.2ClH.Zr/c2*1-5-14(2)18-12-17-11-10-16(4)21(20(17)13-18)19-9-7-6-8-15(19)3;1-3-7-11-9(5-1)10-6-2-4-8-12(10)13-11;;;/h2*6-14H,5H2,1-4H3;1-7H;2*1H;/q3*-1;;;+2/p-2. The molecule has 0 saturated carbocycles. The number of hydrogen-bond acceptors (Lipinski definition) is 0. The first-order valence-corrected chi connectivity index (χ1v) is 27.8. The van der Waals surface area contributed by atoms with Gasteiger partial charge < -0.3 is 0 Å². The predicted molar refractivity (Wildman–Crippen MR) is 254 cm³/mol. The van der Waals surface area contributed by atoms with Gasteiger partial charge in [-0.2, -0.15) is 41.6 Å². The maximum Gasteiger partial charge on any atom is 0.0920 e. The molecule has 8 aromatic carbocycles. The van der Waals surface area contributed by atoms with Crippen LogP contribution in [-0.4, -0.2) is 9.52 Å². The quantitative estimate of drug-likeness (QED) is 0.115. The van der Waals surface area contributed by atoms with Gasteiger partial charge in [0.05, 0.1) is 9.52 Å². The fraction of sp³-hybridized carbons (Fsp3) is 0.222. The minimum atomic E-state index is -0.826. The topological polar surface area (TPSA) is 0 Å². The molecule has 0 aromatic heterocycles. The van der Waals surface area contributed by atoms with Gasteiger partial charge in [0.25, 0.3) is 0 Å². The van der Waals surface area contributed by atoms with E-state index in [-0.39, 0.29) is 0 Å². The van der Waals surface area contributed by atoms with Crippen molar-refractivity contribution in [1.82, 2.24) is 0 Å². The van der Waals surface area contributed by atoms with E-state index in [0.29, 0.717) is 11.8 Å². The third-order valence-electron chi connectivity index (χ3n) is 11.8. The Morgan fingerprint density at radius 1 is 0.552 bits per heavy atom. The first-order valence-electron chi connectivity index (χ1n) is 20.4. The van der Waals surface area contributed by atoms with E-state index in [9.17, 15) is 0 Å². The van der Waals surface area contributed by atoms with E-state index in [1.165, 1.54) is 112 Å². The molecular formula is C54H53Cl2SiZr-3. The molecule has 0 N–H and O–H groups in total. The van der Waals surface area contributed by atoms with Crippen LogP contribution in [0.1, 0.15) is 85.8 Å². The Morgan fingerprint density at radius 3 is 1.45 bits per heavy atom. The molecule has 1 heterocycles. The number of aryl methyl sites for hydroxylation is 4. The van der Waals surface area contributed by atoms with Crippen LogP contribution in [0.3, 0.4) is 0 Å². The minimum Gasteiger partial charge on any atom is -0.184 e. The van der Waals surface area contributed by atoms with E-state index in [0.717, 1.165) is 9.52 Å². The first-order chi connectivity index (χ1) is 28.1. The van der Waals surface area contributed by atoms with E-state index in [1.807, 2.05) is 6.07 Å². The van der Waals surface area contributed by atoms with Gasteiger partial charge in [-0.1, -0.05) is 146 Å². The van der Waals surface area contributed by atoms with E-state index in [1.54, 1.807) is 0 Å². The van der Waals surface area contributed by atoms with Gasteiger partial charge >= 0.3 is 37.9 Å². The molecule has 0 bridgehead atoms. The van der Waals surface area contributed by atoms with Gasteiger partial charge in [0.2, 0.25) is 0 Å². The van der Waals surface area contributed by atoms with Gasteiger partial charge in [0, 0.05) is 0 Å². The van der Waals surface area contributed by atoms with Crippen molar-refractivity contribution in [2.75, 3.05) is 0 Å². The number of benzene rings is 6. The Morgan fingerprint density at radius 2 is 0.983 bits per heavy atom. The molecule has 58 heavy (non-hydrogen) atoms. The molecular weight excluding hydrogens is 839 g/mol. The summed E-state index contributed by atoms with van der Waals surface area (Å²) in [6, 6.07) is 54.1. The smallest absolute Gasteiger partial charge is 0.0920 e. The van der Waals surface area contributed by atoms with Crippen LogP contribution < -0.4 is 10.4 Å². The van der Waals surface area contributed by atoms with Gasteiger partial charge in [-0.3, -0.25) is 0 Å². The molecule has 0 fully saturated rings. The summed E-state index contributed by atoms with van der Waals surface area (Å²) in [6.07, 6.45) is 2.38. The number of fused-ring (bicyclic) bond motifs is 5. The molecule has 0 amide bonds. The second-order valence-corrected chi connectivity index (χ2v) is 20.6. The SMILES string of the molecule is CCC(C)c1cc2c(-c3ccccc3C)c(C)ccc2[cH-]1.CCC(C)c1cc2c(-c3ccccc3C)c(C)ccc2[cH-]1.[Cl][Zr][Cl].[c-]1cccc2c1[Si]c1ccccc1-2. The van der Waals surface area contributed by atoms with Gasteiger partial charge in [0.1, 0.15) is 0 Å². The second kappa shape index (κ2) is 20.5. The molecule has 0 aliphatic carbocycles. The maximum absolute atomic E-state index is 4.93. The zero-order valence-corrected chi connectivity index (χ0v) is 40.1. The fourth-order valence-corrected chi connectivity index (χ4v) is 9.33. The Bertz CT molecular complexity index is 2430. The Hall–Kier alpha value is -3.78. The summed E-state index contributed by atoms with van der Waals surface area (Å²) in [4.78, 5) is 0. The van der Waals surface area contributed by atoms with E-state index < -0.39 is 20.8 Å². The van der Waals surface area contributed by atoms with Crippen molar-refractivity contribution in [1.29, 1.82) is 0 Å². The van der Waals surface area contributed by atoms with Crippen molar-refractivity contribution in [3.05, 3.63) is 179 Å². The van der Waals surface area contributed by atoms with Crippen LogP contribution in [-0.2, 0) is 20.8 Å². The first kappa shape index (κ1) is 43.8.